The van der Waals surface area contributed by atoms with Gasteiger partial charge < -0.3 is 5.11 Å². The third kappa shape index (κ3) is 3.88. The molecule has 0 amide bonds. The molecule has 0 saturated heterocycles. The highest BCUT2D eigenvalue weighted by atomic mass is 32.2. The van der Waals surface area contributed by atoms with Crippen LogP contribution in [0.25, 0.3) is 0 Å². The van der Waals surface area contributed by atoms with Crippen molar-refractivity contribution in [3.05, 3.63) is 33.6 Å². The highest BCUT2D eigenvalue weighted by Crippen LogP contribution is 2.28. The number of aliphatic carboxylic acids is 1. The molecule has 10 heteroatoms. The molecule has 0 atom stereocenters. The number of nitro benzene ring substituents is 1. The van der Waals surface area contributed by atoms with Crippen molar-refractivity contribution >= 4 is 21.7 Å². The highest BCUT2D eigenvalue weighted by molar-refractivity contribution is 7.89. The second-order valence-corrected chi connectivity index (χ2v) is 7.53. The van der Waals surface area contributed by atoms with Gasteiger partial charge in [0.1, 0.15) is 5.82 Å². The molecule has 8 nitrogen and oxygen atoms in total. The van der Waals surface area contributed by atoms with Crippen molar-refractivity contribution in [2.45, 2.75) is 43.5 Å². The molecule has 1 aromatic carbocycles. The van der Waals surface area contributed by atoms with Gasteiger partial charge in [-0.15, -0.1) is 0 Å². The molecule has 2 N–H and O–H groups in total. The lowest BCUT2D eigenvalue weighted by Gasteiger charge is -2.26. The molecular weight excluding hydrogens is 343 g/mol. The molecule has 0 aliphatic heterocycles. The molecule has 132 valence electrons. The molecule has 0 bridgehead atoms. The summed E-state index contributed by atoms with van der Waals surface area (Å²) in [7, 11) is -4.13. The number of nitro groups is 1. The fourth-order valence-corrected chi connectivity index (χ4v) is 4.07. The Morgan fingerprint density at radius 2 is 1.92 bits per heavy atom. The smallest absolute Gasteiger partial charge is 0.306 e. The van der Waals surface area contributed by atoms with Crippen molar-refractivity contribution < 1.29 is 27.6 Å². The van der Waals surface area contributed by atoms with Gasteiger partial charge >= 0.3 is 5.97 Å². The van der Waals surface area contributed by atoms with Crippen molar-refractivity contribution in [3.63, 3.8) is 0 Å². The van der Waals surface area contributed by atoms with Gasteiger partial charge in [-0.2, -0.15) is 0 Å². The summed E-state index contributed by atoms with van der Waals surface area (Å²) in [4.78, 5) is 20.5. The van der Waals surface area contributed by atoms with Crippen molar-refractivity contribution in [3.8, 4) is 0 Å². The minimum Gasteiger partial charge on any atom is -0.481 e. The van der Waals surface area contributed by atoms with Crippen molar-refractivity contribution in [1.29, 1.82) is 0 Å². The minimum atomic E-state index is -4.13. The number of nitrogens with one attached hydrogen (secondary N) is 1. The summed E-state index contributed by atoms with van der Waals surface area (Å²) >= 11 is 0. The number of hydrogen-bond donors (Lipinski definition) is 2. The SMILES string of the molecule is Cc1c(F)cc(S(=O)(=O)NC2CCC(C(=O)O)CC2)cc1[N+](=O)[O-]. The van der Waals surface area contributed by atoms with E-state index in [1.165, 1.54) is 6.92 Å². The van der Waals surface area contributed by atoms with Crippen LogP contribution in [0.1, 0.15) is 31.2 Å². The molecule has 1 saturated carbocycles. The molecule has 0 spiro atoms. The lowest BCUT2D eigenvalue weighted by Crippen LogP contribution is -2.38. The van der Waals surface area contributed by atoms with Crippen molar-refractivity contribution in [1.82, 2.24) is 4.72 Å². The Balaban J connectivity index is 2.20. The average molecular weight is 360 g/mol. The number of nitrogens with zero attached hydrogens (tertiary/aromatic N) is 1. The number of benzene rings is 1. The Bertz CT molecular complexity index is 772. The number of sulfonamides is 1. The van der Waals surface area contributed by atoms with Gasteiger partial charge in [0.15, 0.2) is 0 Å². The van der Waals surface area contributed by atoms with E-state index < -0.39 is 49.3 Å². The van der Waals surface area contributed by atoms with Gasteiger partial charge in [0.25, 0.3) is 5.69 Å². The van der Waals surface area contributed by atoms with Gasteiger partial charge in [-0.25, -0.2) is 17.5 Å². The molecule has 1 fully saturated rings. The van der Waals surface area contributed by atoms with E-state index in [2.05, 4.69) is 4.72 Å². The average Bonchev–Trinajstić information content (AvgIpc) is 2.49. The zero-order chi connectivity index (χ0) is 18.1. The molecule has 0 radical (unpaired) electrons. The molecule has 1 aromatic rings. The number of carboxylic acids is 1. The van der Waals surface area contributed by atoms with Crippen LogP contribution in [0, 0.1) is 28.8 Å². The van der Waals surface area contributed by atoms with Crippen LogP contribution in [0.2, 0.25) is 0 Å². The van der Waals surface area contributed by atoms with Gasteiger partial charge in [0, 0.05) is 12.1 Å². The lowest BCUT2D eigenvalue weighted by molar-refractivity contribution is -0.385. The van der Waals surface area contributed by atoms with Crippen molar-refractivity contribution in [2.75, 3.05) is 0 Å². The summed E-state index contributed by atoms with van der Waals surface area (Å²) in [5.74, 6) is -2.38. The van der Waals surface area contributed by atoms with E-state index in [0.717, 1.165) is 12.1 Å². The Morgan fingerprint density at radius 1 is 1.33 bits per heavy atom. The van der Waals surface area contributed by atoms with Crippen molar-refractivity contribution in [2.24, 2.45) is 5.92 Å². The number of halogens is 1. The maximum atomic E-state index is 13.8. The van der Waals surface area contributed by atoms with Crippen LogP contribution >= 0.6 is 0 Å². The van der Waals surface area contributed by atoms with Gasteiger partial charge in [0.05, 0.1) is 21.3 Å². The normalized spacial score (nSPS) is 21.4. The fourth-order valence-electron chi connectivity index (χ4n) is 2.73. The Hall–Kier alpha value is -2.07. The van der Waals surface area contributed by atoms with E-state index in [-0.39, 0.29) is 5.56 Å². The van der Waals surface area contributed by atoms with E-state index >= 15 is 0 Å². The fraction of sp³-hybridized carbons (Fsp3) is 0.500. The minimum absolute atomic E-state index is 0.235. The maximum Gasteiger partial charge on any atom is 0.306 e. The number of carboxylic acid groups (broad SMARTS) is 1. The summed E-state index contributed by atoms with van der Waals surface area (Å²) in [6.45, 7) is 1.20. The molecule has 1 aliphatic rings. The third-order valence-corrected chi connectivity index (χ3v) is 5.70. The quantitative estimate of drug-likeness (QED) is 0.610. The number of rotatable bonds is 5. The van der Waals surface area contributed by atoms with Gasteiger partial charge in [-0.1, -0.05) is 0 Å². The first kappa shape index (κ1) is 18.3. The van der Waals surface area contributed by atoms with Crippen LogP contribution in [0.3, 0.4) is 0 Å². The predicted molar refractivity (Wildman–Crippen MR) is 81.5 cm³/mol. The monoisotopic (exact) mass is 360 g/mol. The van der Waals surface area contributed by atoms with Crippen LogP contribution < -0.4 is 4.72 Å². The first-order valence-corrected chi connectivity index (χ1v) is 8.80. The largest absolute Gasteiger partial charge is 0.481 e. The van der Waals surface area contributed by atoms with Crippen LogP contribution in [0.15, 0.2) is 17.0 Å². The van der Waals surface area contributed by atoms with Gasteiger partial charge in [-0.3, -0.25) is 14.9 Å². The molecule has 1 aliphatic carbocycles. The maximum absolute atomic E-state index is 13.8. The lowest BCUT2D eigenvalue weighted by atomic mass is 9.87. The zero-order valence-corrected chi connectivity index (χ0v) is 13.7. The molecular formula is C14H17FN2O6S. The number of hydrogen-bond acceptors (Lipinski definition) is 5. The Morgan fingerprint density at radius 3 is 2.42 bits per heavy atom. The standard InChI is InChI=1S/C14H17FN2O6S/c1-8-12(15)6-11(7-13(8)17(20)21)24(22,23)16-10-4-2-9(3-5-10)14(18)19/h6-7,9-10,16H,2-5H2,1H3,(H,18,19). The van der Waals surface area contributed by atoms with E-state index in [9.17, 15) is 27.7 Å². The van der Waals surface area contributed by atoms with Gasteiger partial charge in [-0.05, 0) is 38.7 Å². The van der Waals surface area contributed by atoms with Crippen LogP contribution in [-0.2, 0) is 14.8 Å². The molecule has 0 aromatic heterocycles. The van der Waals surface area contributed by atoms with E-state index in [1.807, 2.05) is 0 Å². The second-order valence-electron chi connectivity index (χ2n) is 5.81. The first-order valence-electron chi connectivity index (χ1n) is 7.31. The van der Waals surface area contributed by atoms with E-state index in [4.69, 9.17) is 5.11 Å². The summed E-state index contributed by atoms with van der Waals surface area (Å²) < 4.78 is 40.8. The molecule has 2 rings (SSSR count). The zero-order valence-electron chi connectivity index (χ0n) is 12.9. The topological polar surface area (TPSA) is 127 Å². The Labute approximate surface area is 137 Å². The van der Waals surface area contributed by atoms with E-state index in [0.29, 0.717) is 25.7 Å². The van der Waals surface area contributed by atoms with E-state index in [1.54, 1.807) is 0 Å². The molecule has 0 heterocycles. The second kappa shape index (κ2) is 6.81. The first-order chi connectivity index (χ1) is 11.1. The third-order valence-electron chi connectivity index (χ3n) is 4.20. The highest BCUT2D eigenvalue weighted by Gasteiger charge is 2.30. The van der Waals surface area contributed by atoms with Crippen LogP contribution in [-0.4, -0.2) is 30.5 Å². The summed E-state index contributed by atoms with van der Waals surface area (Å²) in [5.41, 5.74) is -0.842. The number of carbonyl (C=O) groups is 1. The molecule has 0 unspecified atom stereocenters. The summed E-state index contributed by atoms with van der Waals surface area (Å²) in [5, 5.41) is 19.8. The predicted octanol–water partition coefficient (Wildman–Crippen LogP) is 1.96. The van der Waals surface area contributed by atoms with Gasteiger partial charge in [0.2, 0.25) is 10.0 Å². The van der Waals surface area contributed by atoms with Crippen LogP contribution in [0.4, 0.5) is 10.1 Å². The molecule has 24 heavy (non-hydrogen) atoms. The Kier molecular flexibility index (Phi) is 5.19. The summed E-state index contributed by atoms with van der Waals surface area (Å²) in [6.07, 6.45) is 1.36. The summed E-state index contributed by atoms with van der Waals surface area (Å²) in [6, 6.07) is 1.09. The van der Waals surface area contributed by atoms with Crippen LogP contribution in [0.5, 0.6) is 0 Å².